The summed E-state index contributed by atoms with van der Waals surface area (Å²) in [4.78, 5) is 10.1. The number of carboxylic acid groups (broad SMARTS) is 1. The zero-order chi connectivity index (χ0) is 11.4. The Bertz CT molecular complexity index is 287. The van der Waals surface area contributed by atoms with Crippen LogP contribution in [0, 0.1) is 0 Å². The SMILES string of the molecule is CC(C)NS(=O)(=O)NC[C@H](O)C(=O)O. The van der Waals surface area contributed by atoms with Gasteiger partial charge in [-0.25, -0.2) is 4.79 Å². The molecule has 0 spiro atoms. The molecule has 0 aliphatic carbocycles. The van der Waals surface area contributed by atoms with Crippen LogP contribution in [0.5, 0.6) is 0 Å². The monoisotopic (exact) mass is 226 g/mol. The van der Waals surface area contributed by atoms with Crippen molar-refractivity contribution in [1.29, 1.82) is 0 Å². The average Bonchev–Trinajstić information content (AvgIpc) is 1.97. The van der Waals surface area contributed by atoms with Crippen molar-refractivity contribution in [2.45, 2.75) is 26.0 Å². The summed E-state index contributed by atoms with van der Waals surface area (Å²) in [6.07, 6.45) is -1.74. The first-order chi connectivity index (χ1) is 6.24. The number of aliphatic hydroxyl groups is 1. The molecule has 0 aliphatic rings. The molecule has 0 aromatic rings. The van der Waals surface area contributed by atoms with Gasteiger partial charge in [0.25, 0.3) is 10.2 Å². The highest BCUT2D eigenvalue weighted by atomic mass is 32.2. The number of aliphatic carboxylic acids is 1. The second kappa shape index (κ2) is 5.25. The van der Waals surface area contributed by atoms with E-state index in [9.17, 15) is 13.2 Å². The molecule has 0 saturated carbocycles. The molecule has 0 aromatic heterocycles. The second-order valence-electron chi connectivity index (χ2n) is 2.98. The highest BCUT2D eigenvalue weighted by Gasteiger charge is 2.17. The Morgan fingerprint density at radius 1 is 1.43 bits per heavy atom. The van der Waals surface area contributed by atoms with E-state index in [1.165, 1.54) is 0 Å². The summed E-state index contributed by atoms with van der Waals surface area (Å²) in [7, 11) is -3.73. The summed E-state index contributed by atoms with van der Waals surface area (Å²) in [6, 6.07) is -0.297. The van der Waals surface area contributed by atoms with E-state index < -0.39 is 28.8 Å². The zero-order valence-corrected chi connectivity index (χ0v) is 8.71. The van der Waals surface area contributed by atoms with Crippen LogP contribution in [0.1, 0.15) is 13.8 Å². The number of nitrogens with one attached hydrogen (secondary N) is 2. The van der Waals surface area contributed by atoms with Gasteiger partial charge >= 0.3 is 5.97 Å². The Balaban J connectivity index is 4.06. The minimum absolute atomic E-state index is 0.297. The fraction of sp³-hybridized carbons (Fsp3) is 0.833. The normalized spacial score (nSPS) is 14.3. The predicted octanol–water partition coefficient (Wildman–Crippen LogP) is -1.74. The van der Waals surface area contributed by atoms with Gasteiger partial charge < -0.3 is 10.2 Å². The van der Waals surface area contributed by atoms with E-state index in [0.717, 1.165) is 0 Å². The molecule has 1 atom stereocenters. The molecular formula is C6H14N2O5S. The van der Waals surface area contributed by atoms with Crippen LogP contribution in [0.25, 0.3) is 0 Å². The van der Waals surface area contributed by atoms with Gasteiger partial charge in [-0.2, -0.15) is 17.9 Å². The quantitative estimate of drug-likeness (QED) is 0.429. The van der Waals surface area contributed by atoms with Gasteiger partial charge in [0.15, 0.2) is 6.10 Å². The first-order valence-electron chi connectivity index (χ1n) is 3.92. The van der Waals surface area contributed by atoms with Crippen molar-refractivity contribution in [2.24, 2.45) is 0 Å². The molecule has 0 unspecified atom stereocenters. The molecule has 0 saturated heterocycles. The van der Waals surface area contributed by atoms with Crippen molar-refractivity contribution >= 4 is 16.2 Å². The third-order valence-electron chi connectivity index (χ3n) is 1.14. The highest BCUT2D eigenvalue weighted by Crippen LogP contribution is 1.86. The van der Waals surface area contributed by atoms with Gasteiger partial charge in [-0.3, -0.25) is 0 Å². The first-order valence-corrected chi connectivity index (χ1v) is 5.40. The summed E-state index contributed by atoms with van der Waals surface area (Å²) in [5.41, 5.74) is 0. The Morgan fingerprint density at radius 3 is 2.29 bits per heavy atom. The molecule has 4 N–H and O–H groups in total. The lowest BCUT2D eigenvalue weighted by molar-refractivity contribution is -0.146. The highest BCUT2D eigenvalue weighted by molar-refractivity contribution is 7.87. The zero-order valence-electron chi connectivity index (χ0n) is 7.89. The van der Waals surface area contributed by atoms with Crippen LogP contribution in [-0.2, 0) is 15.0 Å². The Labute approximate surface area is 82.3 Å². The molecule has 14 heavy (non-hydrogen) atoms. The Morgan fingerprint density at radius 2 is 1.93 bits per heavy atom. The fourth-order valence-corrected chi connectivity index (χ4v) is 1.71. The molecule has 0 aliphatic heterocycles. The van der Waals surface area contributed by atoms with Crippen molar-refractivity contribution in [2.75, 3.05) is 6.54 Å². The van der Waals surface area contributed by atoms with E-state index in [1.54, 1.807) is 13.8 Å². The summed E-state index contributed by atoms with van der Waals surface area (Å²) in [6.45, 7) is 2.68. The van der Waals surface area contributed by atoms with Crippen molar-refractivity contribution in [3.8, 4) is 0 Å². The van der Waals surface area contributed by atoms with Crippen LogP contribution >= 0.6 is 0 Å². The molecule has 8 heteroatoms. The van der Waals surface area contributed by atoms with E-state index in [0.29, 0.717) is 0 Å². The lowest BCUT2D eigenvalue weighted by Gasteiger charge is -2.11. The molecule has 7 nitrogen and oxygen atoms in total. The van der Waals surface area contributed by atoms with E-state index in [1.807, 2.05) is 4.72 Å². The van der Waals surface area contributed by atoms with Crippen LogP contribution in [-0.4, -0.2) is 43.3 Å². The fourth-order valence-electron chi connectivity index (χ4n) is 0.628. The number of aliphatic hydroxyl groups excluding tert-OH is 1. The topological polar surface area (TPSA) is 116 Å². The number of hydrogen-bond acceptors (Lipinski definition) is 4. The van der Waals surface area contributed by atoms with Crippen LogP contribution in [0.4, 0.5) is 0 Å². The third kappa shape index (κ3) is 5.86. The number of carboxylic acids is 1. The van der Waals surface area contributed by atoms with Gasteiger partial charge in [-0.1, -0.05) is 0 Å². The molecule has 0 bridgehead atoms. The summed E-state index contributed by atoms with van der Waals surface area (Å²) >= 11 is 0. The number of carbonyl (C=O) groups is 1. The van der Waals surface area contributed by atoms with Crippen molar-refractivity contribution in [1.82, 2.24) is 9.44 Å². The maximum atomic E-state index is 11.0. The van der Waals surface area contributed by atoms with Crippen LogP contribution in [0.3, 0.4) is 0 Å². The lowest BCUT2D eigenvalue weighted by atomic mass is 10.4. The van der Waals surface area contributed by atoms with Gasteiger partial charge in [-0.05, 0) is 13.8 Å². The lowest BCUT2D eigenvalue weighted by Crippen LogP contribution is -2.44. The summed E-state index contributed by atoms with van der Waals surface area (Å²) < 4.78 is 26.2. The van der Waals surface area contributed by atoms with E-state index >= 15 is 0 Å². The molecule has 0 heterocycles. The van der Waals surface area contributed by atoms with E-state index in [4.69, 9.17) is 10.2 Å². The van der Waals surface area contributed by atoms with Crippen LogP contribution in [0.15, 0.2) is 0 Å². The number of hydrogen-bond donors (Lipinski definition) is 4. The van der Waals surface area contributed by atoms with Gasteiger partial charge in [0.2, 0.25) is 0 Å². The minimum atomic E-state index is -3.73. The molecule has 0 amide bonds. The predicted molar refractivity (Wildman–Crippen MR) is 48.8 cm³/mol. The second-order valence-corrected chi connectivity index (χ2v) is 4.51. The Kier molecular flexibility index (Phi) is 4.99. The summed E-state index contributed by atoms with van der Waals surface area (Å²) in [5, 5.41) is 17.0. The molecule has 0 radical (unpaired) electrons. The molecule has 0 fully saturated rings. The van der Waals surface area contributed by atoms with Crippen LogP contribution < -0.4 is 9.44 Å². The maximum Gasteiger partial charge on any atom is 0.333 e. The third-order valence-corrected chi connectivity index (χ3v) is 2.47. The molecule has 0 aromatic carbocycles. The van der Waals surface area contributed by atoms with Crippen molar-refractivity contribution < 1.29 is 23.4 Å². The largest absolute Gasteiger partial charge is 0.479 e. The first kappa shape index (κ1) is 13.3. The van der Waals surface area contributed by atoms with Gasteiger partial charge in [0, 0.05) is 12.6 Å². The average molecular weight is 226 g/mol. The Hall–Kier alpha value is -0.700. The van der Waals surface area contributed by atoms with Gasteiger partial charge in [-0.15, -0.1) is 0 Å². The smallest absolute Gasteiger partial charge is 0.333 e. The molecular weight excluding hydrogens is 212 g/mol. The molecule has 84 valence electrons. The number of rotatable bonds is 6. The standard InChI is InChI=1S/C6H14N2O5S/c1-4(2)8-14(12,13)7-3-5(9)6(10)11/h4-5,7-9H,3H2,1-2H3,(H,10,11)/t5-/m0/s1. The van der Waals surface area contributed by atoms with Crippen molar-refractivity contribution in [3.63, 3.8) is 0 Å². The van der Waals surface area contributed by atoms with E-state index in [-0.39, 0.29) is 6.04 Å². The molecule has 0 rings (SSSR count). The van der Waals surface area contributed by atoms with Gasteiger partial charge in [0.05, 0.1) is 0 Å². The van der Waals surface area contributed by atoms with Gasteiger partial charge in [0.1, 0.15) is 0 Å². The maximum absolute atomic E-state index is 11.0. The van der Waals surface area contributed by atoms with Crippen LogP contribution in [0.2, 0.25) is 0 Å². The summed E-state index contributed by atoms with van der Waals surface area (Å²) in [5.74, 6) is -1.47. The van der Waals surface area contributed by atoms with Crippen molar-refractivity contribution in [3.05, 3.63) is 0 Å². The minimum Gasteiger partial charge on any atom is -0.479 e. The van der Waals surface area contributed by atoms with E-state index in [2.05, 4.69) is 4.72 Å².